The van der Waals surface area contributed by atoms with Crippen LogP contribution in [0.3, 0.4) is 0 Å². The molecule has 0 aromatic heterocycles. The summed E-state index contributed by atoms with van der Waals surface area (Å²) in [5.41, 5.74) is 5.11. The van der Waals surface area contributed by atoms with E-state index in [2.05, 4.69) is 5.32 Å². The molecular weight excluding hydrogens is 388 g/mol. The maximum absolute atomic E-state index is 13.2. The number of carbonyl (C=O) groups excluding carboxylic acids is 2. The van der Waals surface area contributed by atoms with E-state index in [9.17, 15) is 9.59 Å². The minimum absolute atomic E-state index is 0.282. The summed E-state index contributed by atoms with van der Waals surface area (Å²) in [4.78, 5) is 27.7. The Morgan fingerprint density at radius 3 is 2.45 bits per heavy atom. The SMILES string of the molecule is COCCCN1C(=O)C(Nc2cc(Cl)ccc2C)=C(c2ccc(C)cc2C)C1=O. The molecule has 2 aromatic rings. The smallest absolute Gasteiger partial charge is 0.278 e. The lowest BCUT2D eigenvalue weighted by atomic mass is 9.97. The van der Waals surface area contributed by atoms with E-state index < -0.39 is 0 Å². The summed E-state index contributed by atoms with van der Waals surface area (Å²) in [7, 11) is 1.60. The number of imide groups is 1. The Bertz CT molecular complexity index is 998. The summed E-state index contributed by atoms with van der Waals surface area (Å²) in [5.74, 6) is -0.624. The number of amides is 2. The normalized spacial score (nSPS) is 14.2. The molecule has 2 aromatic carbocycles. The van der Waals surface area contributed by atoms with Crippen molar-refractivity contribution in [3.8, 4) is 0 Å². The molecular formula is C23H25ClN2O3. The highest BCUT2D eigenvalue weighted by Crippen LogP contribution is 2.33. The summed E-state index contributed by atoms with van der Waals surface area (Å²) < 4.78 is 5.07. The number of anilines is 1. The Balaban J connectivity index is 2.08. The van der Waals surface area contributed by atoms with E-state index in [1.54, 1.807) is 19.2 Å². The van der Waals surface area contributed by atoms with Crippen LogP contribution in [0.1, 0.15) is 28.7 Å². The van der Waals surface area contributed by atoms with Crippen molar-refractivity contribution in [3.05, 3.63) is 69.4 Å². The number of aryl methyl sites for hydroxylation is 3. The van der Waals surface area contributed by atoms with Gasteiger partial charge in [-0.25, -0.2) is 0 Å². The van der Waals surface area contributed by atoms with E-state index >= 15 is 0 Å². The number of ether oxygens (including phenoxy) is 1. The fraction of sp³-hybridized carbons (Fsp3) is 0.304. The van der Waals surface area contributed by atoms with Crippen LogP contribution in [0, 0.1) is 20.8 Å². The predicted octanol–water partition coefficient (Wildman–Crippen LogP) is 4.49. The molecule has 0 unspecified atom stereocenters. The maximum atomic E-state index is 13.2. The second-order valence-corrected chi connectivity index (χ2v) is 7.70. The van der Waals surface area contributed by atoms with Crippen molar-refractivity contribution in [1.82, 2.24) is 4.90 Å². The van der Waals surface area contributed by atoms with Gasteiger partial charge in [0, 0.05) is 31.0 Å². The Labute approximate surface area is 176 Å². The molecule has 0 aliphatic carbocycles. The fourth-order valence-electron chi connectivity index (χ4n) is 3.47. The number of benzene rings is 2. The van der Waals surface area contributed by atoms with E-state index in [1.165, 1.54) is 4.90 Å². The van der Waals surface area contributed by atoms with Crippen molar-refractivity contribution < 1.29 is 14.3 Å². The van der Waals surface area contributed by atoms with Crippen molar-refractivity contribution in [2.75, 3.05) is 25.6 Å². The van der Waals surface area contributed by atoms with Crippen molar-refractivity contribution in [3.63, 3.8) is 0 Å². The van der Waals surface area contributed by atoms with Gasteiger partial charge in [0.25, 0.3) is 11.8 Å². The molecule has 1 heterocycles. The first-order valence-corrected chi connectivity index (χ1v) is 9.91. The highest BCUT2D eigenvalue weighted by Gasteiger charge is 2.39. The Morgan fingerprint density at radius 2 is 1.76 bits per heavy atom. The summed E-state index contributed by atoms with van der Waals surface area (Å²) >= 11 is 6.14. The second kappa shape index (κ2) is 8.80. The number of nitrogens with one attached hydrogen (secondary N) is 1. The van der Waals surface area contributed by atoms with Gasteiger partial charge >= 0.3 is 0 Å². The zero-order valence-corrected chi connectivity index (χ0v) is 17.9. The number of carbonyl (C=O) groups is 2. The van der Waals surface area contributed by atoms with Gasteiger partial charge in [0.15, 0.2) is 0 Å². The average Bonchev–Trinajstić information content (AvgIpc) is 2.89. The van der Waals surface area contributed by atoms with Gasteiger partial charge in [0.2, 0.25) is 0 Å². The lowest BCUT2D eigenvalue weighted by Crippen LogP contribution is -2.34. The zero-order valence-electron chi connectivity index (χ0n) is 17.1. The third-order valence-electron chi connectivity index (χ3n) is 5.01. The molecule has 29 heavy (non-hydrogen) atoms. The summed E-state index contributed by atoms with van der Waals surface area (Å²) in [5, 5.41) is 3.75. The molecule has 6 heteroatoms. The first kappa shape index (κ1) is 21.1. The van der Waals surface area contributed by atoms with Crippen LogP contribution in [0.2, 0.25) is 5.02 Å². The molecule has 152 valence electrons. The highest BCUT2D eigenvalue weighted by atomic mass is 35.5. The lowest BCUT2D eigenvalue weighted by molar-refractivity contribution is -0.136. The van der Waals surface area contributed by atoms with E-state index in [4.69, 9.17) is 16.3 Å². The van der Waals surface area contributed by atoms with Crippen LogP contribution in [0.25, 0.3) is 5.57 Å². The van der Waals surface area contributed by atoms with Crippen molar-refractivity contribution in [2.24, 2.45) is 0 Å². The Morgan fingerprint density at radius 1 is 1.00 bits per heavy atom. The number of methoxy groups -OCH3 is 1. The molecule has 0 atom stereocenters. The van der Waals surface area contributed by atoms with Crippen LogP contribution in [0.4, 0.5) is 5.69 Å². The van der Waals surface area contributed by atoms with E-state index in [1.807, 2.05) is 45.0 Å². The molecule has 3 rings (SSSR count). The van der Waals surface area contributed by atoms with Crippen LogP contribution < -0.4 is 5.32 Å². The number of halogens is 1. The van der Waals surface area contributed by atoms with Gasteiger partial charge in [-0.3, -0.25) is 14.5 Å². The van der Waals surface area contributed by atoms with Crippen LogP contribution in [0.15, 0.2) is 42.1 Å². The Hall–Kier alpha value is -2.63. The van der Waals surface area contributed by atoms with Crippen LogP contribution in [-0.2, 0) is 14.3 Å². The van der Waals surface area contributed by atoms with Gasteiger partial charge in [-0.2, -0.15) is 0 Å². The standard InChI is InChI=1S/C23H25ClN2O3/c1-14-6-9-18(16(3)12-14)20-21(25-19-13-17(24)8-7-15(19)2)23(28)26(22(20)27)10-5-11-29-4/h6-9,12-13,25H,5,10-11H2,1-4H3. The van der Waals surface area contributed by atoms with Crippen molar-refractivity contribution in [1.29, 1.82) is 0 Å². The van der Waals surface area contributed by atoms with Crippen LogP contribution in [-0.4, -0.2) is 37.0 Å². The fourth-order valence-corrected chi connectivity index (χ4v) is 3.64. The average molecular weight is 413 g/mol. The maximum Gasteiger partial charge on any atom is 0.278 e. The zero-order chi connectivity index (χ0) is 21.1. The van der Waals surface area contributed by atoms with Gasteiger partial charge in [-0.15, -0.1) is 0 Å². The van der Waals surface area contributed by atoms with Gasteiger partial charge < -0.3 is 10.1 Å². The first-order valence-electron chi connectivity index (χ1n) is 9.53. The quantitative estimate of drug-likeness (QED) is 0.537. The number of hydrogen-bond acceptors (Lipinski definition) is 4. The van der Waals surface area contributed by atoms with E-state index in [-0.39, 0.29) is 17.5 Å². The molecule has 0 fully saturated rings. The third kappa shape index (κ3) is 4.36. The minimum atomic E-state index is -0.333. The first-order chi connectivity index (χ1) is 13.8. The van der Waals surface area contributed by atoms with Crippen LogP contribution >= 0.6 is 11.6 Å². The van der Waals surface area contributed by atoms with Crippen molar-refractivity contribution >= 4 is 34.7 Å². The molecule has 1 aliphatic rings. The topological polar surface area (TPSA) is 58.6 Å². The monoisotopic (exact) mass is 412 g/mol. The summed E-state index contributed by atoms with van der Waals surface area (Å²) in [6.07, 6.45) is 0.581. The van der Waals surface area contributed by atoms with E-state index in [0.717, 1.165) is 22.3 Å². The second-order valence-electron chi connectivity index (χ2n) is 7.26. The van der Waals surface area contributed by atoms with E-state index in [0.29, 0.717) is 35.9 Å². The van der Waals surface area contributed by atoms with Gasteiger partial charge in [-0.1, -0.05) is 41.4 Å². The highest BCUT2D eigenvalue weighted by molar-refractivity contribution is 6.37. The summed E-state index contributed by atoms with van der Waals surface area (Å²) in [6, 6.07) is 11.3. The number of hydrogen-bond donors (Lipinski definition) is 1. The molecule has 2 amide bonds. The van der Waals surface area contributed by atoms with Gasteiger partial charge in [0.1, 0.15) is 5.70 Å². The van der Waals surface area contributed by atoms with Crippen molar-refractivity contribution in [2.45, 2.75) is 27.2 Å². The Kier molecular flexibility index (Phi) is 6.40. The molecule has 0 spiro atoms. The van der Waals surface area contributed by atoms with Gasteiger partial charge in [0.05, 0.1) is 5.57 Å². The molecule has 0 bridgehead atoms. The molecule has 1 N–H and O–H groups in total. The third-order valence-corrected chi connectivity index (χ3v) is 5.24. The molecule has 0 saturated carbocycles. The lowest BCUT2D eigenvalue weighted by Gasteiger charge is -2.15. The number of nitrogens with zero attached hydrogens (tertiary/aromatic N) is 1. The minimum Gasteiger partial charge on any atom is -0.385 e. The largest absolute Gasteiger partial charge is 0.385 e. The van der Waals surface area contributed by atoms with Gasteiger partial charge in [-0.05, 0) is 56.0 Å². The molecule has 1 aliphatic heterocycles. The number of rotatable bonds is 7. The predicted molar refractivity (Wildman–Crippen MR) is 116 cm³/mol. The molecule has 0 radical (unpaired) electrons. The molecule has 5 nitrogen and oxygen atoms in total. The molecule has 0 saturated heterocycles. The summed E-state index contributed by atoms with van der Waals surface area (Å²) in [6.45, 7) is 6.65. The van der Waals surface area contributed by atoms with Crippen LogP contribution in [0.5, 0.6) is 0 Å².